The third kappa shape index (κ3) is 4.33. The molecule has 0 N–H and O–H groups in total. The molecular formula is C11H14Br3NOS. The lowest BCUT2D eigenvalue weighted by molar-refractivity contribution is 0.0711. The van der Waals surface area contributed by atoms with Crippen LogP contribution < -0.4 is 0 Å². The van der Waals surface area contributed by atoms with Crippen molar-refractivity contribution in [3.8, 4) is 0 Å². The molecule has 0 aliphatic carbocycles. The average Bonchev–Trinajstić information content (AvgIpc) is 2.59. The van der Waals surface area contributed by atoms with Gasteiger partial charge in [-0.05, 0) is 58.2 Å². The van der Waals surface area contributed by atoms with Gasteiger partial charge in [0.1, 0.15) is 0 Å². The van der Waals surface area contributed by atoms with Crippen LogP contribution in [0.4, 0.5) is 0 Å². The Morgan fingerprint density at radius 1 is 1.47 bits per heavy atom. The highest BCUT2D eigenvalue weighted by atomic mass is 79.9. The third-order valence-electron chi connectivity index (χ3n) is 2.27. The quantitative estimate of drug-likeness (QED) is 0.587. The summed E-state index contributed by atoms with van der Waals surface area (Å²) >= 11 is 11.7. The molecule has 0 aliphatic heterocycles. The second-order valence-electron chi connectivity index (χ2n) is 3.87. The van der Waals surface area contributed by atoms with Gasteiger partial charge in [0.05, 0.1) is 8.66 Å². The first-order valence-corrected chi connectivity index (χ1v) is 8.81. The van der Waals surface area contributed by atoms with Crippen LogP contribution in [0.15, 0.2) is 14.3 Å². The zero-order valence-corrected chi connectivity index (χ0v) is 15.2. The van der Waals surface area contributed by atoms with Gasteiger partial charge < -0.3 is 4.90 Å². The number of alkyl halides is 1. The molecule has 0 fully saturated rings. The van der Waals surface area contributed by atoms with E-state index in [0.29, 0.717) is 0 Å². The SMILES string of the molecule is CC(C)N(CCCBr)C(=O)c1cc(Br)c(Br)s1. The van der Waals surface area contributed by atoms with Crippen LogP contribution in [0, 0.1) is 0 Å². The summed E-state index contributed by atoms with van der Waals surface area (Å²) in [5.41, 5.74) is 0. The van der Waals surface area contributed by atoms with Crippen LogP contribution in [0.2, 0.25) is 0 Å². The largest absolute Gasteiger partial charge is 0.335 e. The predicted molar refractivity (Wildman–Crippen MR) is 84.3 cm³/mol. The lowest BCUT2D eigenvalue weighted by atomic mass is 10.2. The molecule has 96 valence electrons. The summed E-state index contributed by atoms with van der Waals surface area (Å²) in [6.45, 7) is 4.88. The molecule has 1 rings (SSSR count). The van der Waals surface area contributed by atoms with Crippen molar-refractivity contribution in [3.05, 3.63) is 19.2 Å². The van der Waals surface area contributed by atoms with E-state index in [1.807, 2.05) is 24.8 Å². The van der Waals surface area contributed by atoms with Gasteiger partial charge in [0.15, 0.2) is 0 Å². The first kappa shape index (κ1) is 15.7. The molecule has 0 aliphatic rings. The Morgan fingerprint density at radius 2 is 2.12 bits per heavy atom. The van der Waals surface area contributed by atoms with Crippen molar-refractivity contribution in [1.82, 2.24) is 4.90 Å². The Balaban J connectivity index is 2.84. The number of thiophene rings is 1. The fourth-order valence-corrected chi connectivity index (χ4v) is 3.66. The van der Waals surface area contributed by atoms with E-state index >= 15 is 0 Å². The smallest absolute Gasteiger partial charge is 0.264 e. The van der Waals surface area contributed by atoms with Crippen molar-refractivity contribution in [1.29, 1.82) is 0 Å². The highest BCUT2D eigenvalue weighted by Gasteiger charge is 2.20. The van der Waals surface area contributed by atoms with E-state index in [-0.39, 0.29) is 11.9 Å². The lowest BCUT2D eigenvalue weighted by Crippen LogP contribution is -2.37. The predicted octanol–water partition coefficient (Wildman–Crippen LogP) is 4.91. The van der Waals surface area contributed by atoms with Crippen molar-refractivity contribution in [2.24, 2.45) is 0 Å². The Kier molecular flexibility index (Phi) is 6.69. The van der Waals surface area contributed by atoms with Crippen molar-refractivity contribution < 1.29 is 4.79 Å². The third-order valence-corrected chi connectivity index (χ3v) is 6.08. The normalized spacial score (nSPS) is 10.9. The molecule has 6 heteroatoms. The summed E-state index contributed by atoms with van der Waals surface area (Å²) in [7, 11) is 0. The van der Waals surface area contributed by atoms with E-state index in [1.54, 1.807) is 0 Å². The number of rotatable bonds is 5. The van der Waals surface area contributed by atoms with E-state index in [0.717, 1.165) is 31.4 Å². The number of amides is 1. The van der Waals surface area contributed by atoms with Crippen LogP contribution in [0.1, 0.15) is 29.9 Å². The van der Waals surface area contributed by atoms with Gasteiger partial charge in [0, 0.05) is 22.4 Å². The topological polar surface area (TPSA) is 20.3 Å². The molecule has 1 aromatic heterocycles. The Bertz CT molecular complexity index is 373. The van der Waals surface area contributed by atoms with Gasteiger partial charge in [-0.1, -0.05) is 15.9 Å². The van der Waals surface area contributed by atoms with Gasteiger partial charge in [-0.15, -0.1) is 11.3 Å². The number of halogens is 3. The number of hydrogen-bond donors (Lipinski definition) is 0. The minimum absolute atomic E-state index is 0.109. The average molecular weight is 448 g/mol. The van der Waals surface area contributed by atoms with Crippen molar-refractivity contribution in [3.63, 3.8) is 0 Å². The van der Waals surface area contributed by atoms with E-state index in [2.05, 4.69) is 47.8 Å². The van der Waals surface area contributed by atoms with Crippen LogP contribution in [0.3, 0.4) is 0 Å². The van der Waals surface area contributed by atoms with Gasteiger partial charge in [0.25, 0.3) is 5.91 Å². The Morgan fingerprint density at radius 3 is 2.53 bits per heavy atom. The van der Waals surface area contributed by atoms with Crippen LogP contribution in [0.25, 0.3) is 0 Å². The van der Waals surface area contributed by atoms with E-state index < -0.39 is 0 Å². The van der Waals surface area contributed by atoms with Crippen molar-refractivity contribution in [2.75, 3.05) is 11.9 Å². The first-order valence-electron chi connectivity index (χ1n) is 5.29. The van der Waals surface area contributed by atoms with Gasteiger partial charge in [-0.2, -0.15) is 0 Å². The fourth-order valence-electron chi connectivity index (χ4n) is 1.42. The molecule has 0 spiro atoms. The summed E-state index contributed by atoms with van der Waals surface area (Å²) in [6, 6.07) is 2.10. The van der Waals surface area contributed by atoms with Gasteiger partial charge in [-0.3, -0.25) is 4.79 Å². The Hall–Kier alpha value is 0.610. The molecule has 0 unspecified atom stereocenters. The highest BCUT2D eigenvalue weighted by molar-refractivity contribution is 9.13. The molecule has 17 heavy (non-hydrogen) atoms. The van der Waals surface area contributed by atoms with Gasteiger partial charge in [0.2, 0.25) is 0 Å². The number of carbonyl (C=O) groups excluding carboxylic acids is 1. The maximum absolute atomic E-state index is 12.3. The van der Waals surface area contributed by atoms with E-state index in [4.69, 9.17) is 0 Å². The van der Waals surface area contributed by atoms with Crippen LogP contribution in [-0.2, 0) is 0 Å². The van der Waals surface area contributed by atoms with Crippen LogP contribution >= 0.6 is 59.1 Å². The van der Waals surface area contributed by atoms with Crippen LogP contribution in [-0.4, -0.2) is 28.7 Å². The highest BCUT2D eigenvalue weighted by Crippen LogP contribution is 2.33. The fraction of sp³-hybridized carbons (Fsp3) is 0.545. The molecule has 0 saturated heterocycles. The monoisotopic (exact) mass is 445 g/mol. The standard InChI is InChI=1S/C11H14Br3NOS/c1-7(2)15(5-3-4-12)11(16)9-6-8(13)10(14)17-9/h6-7H,3-5H2,1-2H3. The zero-order valence-electron chi connectivity index (χ0n) is 9.67. The minimum atomic E-state index is 0.109. The zero-order chi connectivity index (χ0) is 13.0. The minimum Gasteiger partial charge on any atom is -0.335 e. The maximum atomic E-state index is 12.3. The molecule has 0 radical (unpaired) electrons. The van der Waals surface area contributed by atoms with Crippen LogP contribution in [0.5, 0.6) is 0 Å². The number of carbonyl (C=O) groups is 1. The molecule has 1 amide bonds. The molecule has 0 bridgehead atoms. The molecule has 1 aromatic rings. The van der Waals surface area contributed by atoms with Gasteiger partial charge in [-0.25, -0.2) is 0 Å². The molecule has 1 heterocycles. The second kappa shape index (κ2) is 7.26. The van der Waals surface area contributed by atoms with E-state index in [9.17, 15) is 4.79 Å². The molecule has 0 atom stereocenters. The molecule has 2 nitrogen and oxygen atoms in total. The number of nitrogens with zero attached hydrogens (tertiary/aromatic N) is 1. The van der Waals surface area contributed by atoms with Crippen molar-refractivity contribution >= 4 is 65.0 Å². The lowest BCUT2D eigenvalue weighted by Gasteiger charge is -2.25. The molecule has 0 saturated carbocycles. The second-order valence-corrected chi connectivity index (χ2v) is 7.88. The summed E-state index contributed by atoms with van der Waals surface area (Å²) in [5, 5.41) is 0.918. The molecule has 0 aromatic carbocycles. The number of hydrogen-bond acceptors (Lipinski definition) is 2. The maximum Gasteiger partial charge on any atom is 0.264 e. The van der Waals surface area contributed by atoms with E-state index in [1.165, 1.54) is 11.3 Å². The first-order chi connectivity index (χ1) is 7.97. The summed E-state index contributed by atoms with van der Waals surface area (Å²) < 4.78 is 1.90. The molecular weight excluding hydrogens is 434 g/mol. The van der Waals surface area contributed by atoms with Crippen molar-refractivity contribution in [2.45, 2.75) is 26.3 Å². The Labute approximate surface area is 131 Å². The van der Waals surface area contributed by atoms with Gasteiger partial charge >= 0.3 is 0 Å². The summed E-state index contributed by atoms with van der Waals surface area (Å²) in [6.07, 6.45) is 0.970. The summed E-state index contributed by atoms with van der Waals surface area (Å²) in [5.74, 6) is 0.109. The summed E-state index contributed by atoms with van der Waals surface area (Å²) in [4.78, 5) is 15.0.